The van der Waals surface area contributed by atoms with Crippen molar-refractivity contribution in [3.63, 3.8) is 0 Å². The number of nitrogens with one attached hydrogen (secondary N) is 1. The van der Waals surface area contributed by atoms with E-state index in [0.29, 0.717) is 5.71 Å². The monoisotopic (exact) mass is 413 g/mol. The predicted octanol–water partition coefficient (Wildman–Crippen LogP) is 8.29. The van der Waals surface area contributed by atoms with Gasteiger partial charge < -0.3 is 0 Å². The van der Waals surface area contributed by atoms with Gasteiger partial charge in [-0.2, -0.15) is 0 Å². The maximum Gasteiger partial charge on any atom is 0.0684 e. The van der Waals surface area contributed by atoms with E-state index >= 15 is 0 Å². The first-order valence-electron chi connectivity index (χ1n) is 10.4. The van der Waals surface area contributed by atoms with Gasteiger partial charge >= 0.3 is 0 Å². The van der Waals surface area contributed by atoms with Crippen LogP contribution in [0.2, 0.25) is 0 Å². The topological polar surface area (TPSA) is 23.9 Å². The van der Waals surface area contributed by atoms with Crippen molar-refractivity contribution >= 4 is 48.0 Å². The number of hydrogen-bond acceptors (Lipinski definition) is 2. The van der Waals surface area contributed by atoms with Gasteiger partial charge in [0.1, 0.15) is 0 Å². The SMILES string of the molecule is N=C(c1ccc(-c2cccc3sc4ccccc4c23)cc1)c1ccc2ccccc2c1. The van der Waals surface area contributed by atoms with E-state index in [1.54, 1.807) is 0 Å². The Morgan fingerprint density at radius 1 is 0.581 bits per heavy atom. The van der Waals surface area contributed by atoms with Crippen LogP contribution in [0.5, 0.6) is 0 Å². The standard InChI is InChI=1S/C29H19NS/c30-29(23-17-12-19-6-1-2-7-22(19)18-23)21-15-13-20(14-16-21)24-9-5-11-27-28(24)25-8-3-4-10-26(25)31-27/h1-18,30H. The number of benzene rings is 5. The molecule has 2 heteroatoms. The molecule has 6 aromatic rings. The van der Waals surface area contributed by atoms with Crippen molar-refractivity contribution in [1.82, 2.24) is 0 Å². The number of fused-ring (bicyclic) bond motifs is 4. The molecule has 0 saturated heterocycles. The third kappa shape index (κ3) is 3.04. The Kier molecular flexibility index (Phi) is 4.19. The molecule has 0 saturated carbocycles. The zero-order valence-electron chi connectivity index (χ0n) is 16.8. The molecular weight excluding hydrogens is 394 g/mol. The van der Waals surface area contributed by atoms with Gasteiger partial charge in [0.15, 0.2) is 0 Å². The quantitative estimate of drug-likeness (QED) is 0.282. The number of thiophene rings is 1. The lowest BCUT2D eigenvalue weighted by Crippen LogP contribution is -2.01. The van der Waals surface area contributed by atoms with Gasteiger partial charge in [-0.05, 0) is 40.1 Å². The predicted molar refractivity (Wildman–Crippen MR) is 135 cm³/mol. The summed E-state index contributed by atoms with van der Waals surface area (Å²) in [5, 5.41) is 13.7. The van der Waals surface area contributed by atoms with E-state index in [1.807, 2.05) is 29.5 Å². The molecule has 0 aliphatic heterocycles. The van der Waals surface area contributed by atoms with E-state index in [0.717, 1.165) is 16.5 Å². The molecule has 5 aromatic carbocycles. The Balaban J connectivity index is 1.41. The second-order valence-electron chi connectivity index (χ2n) is 7.79. The summed E-state index contributed by atoms with van der Waals surface area (Å²) in [6, 6.07) is 38.1. The minimum atomic E-state index is 0.552. The average Bonchev–Trinajstić information content (AvgIpc) is 3.22. The number of hydrogen-bond donors (Lipinski definition) is 1. The Morgan fingerprint density at radius 3 is 2.16 bits per heavy atom. The molecule has 0 spiro atoms. The van der Waals surface area contributed by atoms with Crippen LogP contribution < -0.4 is 0 Å². The second kappa shape index (κ2) is 7.19. The van der Waals surface area contributed by atoms with Crippen molar-refractivity contribution in [2.45, 2.75) is 0 Å². The third-order valence-corrected chi connectivity index (χ3v) is 7.06. The fourth-order valence-electron chi connectivity index (χ4n) is 4.34. The van der Waals surface area contributed by atoms with Gasteiger partial charge in [0.2, 0.25) is 0 Å². The molecule has 0 radical (unpaired) electrons. The van der Waals surface area contributed by atoms with Crippen LogP contribution in [0.4, 0.5) is 0 Å². The molecule has 1 nitrogen and oxygen atoms in total. The average molecular weight is 414 g/mol. The summed E-state index contributed by atoms with van der Waals surface area (Å²) in [4.78, 5) is 0. The molecule has 0 aliphatic carbocycles. The van der Waals surface area contributed by atoms with Crippen molar-refractivity contribution in [3.8, 4) is 11.1 Å². The highest BCUT2D eigenvalue weighted by Crippen LogP contribution is 2.39. The van der Waals surface area contributed by atoms with Crippen LogP contribution in [0.1, 0.15) is 11.1 Å². The van der Waals surface area contributed by atoms with Gasteiger partial charge in [0.25, 0.3) is 0 Å². The van der Waals surface area contributed by atoms with Gasteiger partial charge in [-0.3, -0.25) is 5.41 Å². The first-order chi connectivity index (χ1) is 15.3. The first-order valence-corrected chi connectivity index (χ1v) is 11.2. The van der Waals surface area contributed by atoms with Crippen LogP contribution in [-0.2, 0) is 0 Å². The van der Waals surface area contributed by atoms with E-state index < -0.39 is 0 Å². The molecule has 1 aromatic heterocycles. The molecule has 146 valence electrons. The lowest BCUT2D eigenvalue weighted by Gasteiger charge is -2.09. The van der Waals surface area contributed by atoms with Crippen LogP contribution in [0.25, 0.3) is 42.1 Å². The van der Waals surface area contributed by atoms with E-state index in [1.165, 1.54) is 36.7 Å². The van der Waals surface area contributed by atoms with Gasteiger partial charge in [-0.25, -0.2) is 0 Å². The highest BCUT2D eigenvalue weighted by molar-refractivity contribution is 7.25. The van der Waals surface area contributed by atoms with Crippen molar-refractivity contribution in [3.05, 3.63) is 120 Å². The van der Waals surface area contributed by atoms with Crippen molar-refractivity contribution in [1.29, 1.82) is 5.41 Å². The smallest absolute Gasteiger partial charge is 0.0684 e. The molecule has 0 atom stereocenters. The lowest BCUT2D eigenvalue weighted by molar-refractivity contribution is 1.46. The fraction of sp³-hybridized carbons (Fsp3) is 0. The molecule has 31 heavy (non-hydrogen) atoms. The molecule has 0 unspecified atom stereocenters. The summed E-state index contributed by atoms with van der Waals surface area (Å²) in [5.74, 6) is 0. The van der Waals surface area contributed by atoms with E-state index in [2.05, 4.69) is 91.0 Å². The highest BCUT2D eigenvalue weighted by atomic mass is 32.1. The lowest BCUT2D eigenvalue weighted by atomic mass is 9.95. The van der Waals surface area contributed by atoms with Gasteiger partial charge in [0, 0.05) is 31.3 Å². The molecule has 1 N–H and O–H groups in total. The minimum absolute atomic E-state index is 0.552. The maximum absolute atomic E-state index is 8.74. The fourth-order valence-corrected chi connectivity index (χ4v) is 5.48. The largest absolute Gasteiger partial charge is 0.300 e. The van der Waals surface area contributed by atoms with Gasteiger partial charge in [-0.1, -0.05) is 91.0 Å². The van der Waals surface area contributed by atoms with Crippen LogP contribution in [0.15, 0.2) is 109 Å². The van der Waals surface area contributed by atoms with E-state index in [-0.39, 0.29) is 0 Å². The maximum atomic E-state index is 8.74. The molecule has 0 bridgehead atoms. The van der Waals surface area contributed by atoms with Crippen LogP contribution in [0, 0.1) is 5.41 Å². The molecule has 1 heterocycles. The molecular formula is C29H19NS. The van der Waals surface area contributed by atoms with Crippen LogP contribution >= 0.6 is 11.3 Å². The first kappa shape index (κ1) is 18.1. The van der Waals surface area contributed by atoms with Crippen molar-refractivity contribution < 1.29 is 0 Å². The van der Waals surface area contributed by atoms with Gasteiger partial charge in [-0.15, -0.1) is 11.3 Å². The summed E-state index contributed by atoms with van der Waals surface area (Å²) in [6.45, 7) is 0. The highest BCUT2D eigenvalue weighted by Gasteiger charge is 2.11. The van der Waals surface area contributed by atoms with E-state index in [9.17, 15) is 0 Å². The summed E-state index contributed by atoms with van der Waals surface area (Å²) in [5.41, 5.74) is 4.86. The van der Waals surface area contributed by atoms with Crippen LogP contribution in [0.3, 0.4) is 0 Å². The van der Waals surface area contributed by atoms with Gasteiger partial charge in [0.05, 0.1) is 5.71 Å². The zero-order valence-corrected chi connectivity index (χ0v) is 17.6. The zero-order chi connectivity index (χ0) is 20.8. The summed E-state index contributed by atoms with van der Waals surface area (Å²) in [6.07, 6.45) is 0. The van der Waals surface area contributed by atoms with E-state index in [4.69, 9.17) is 5.41 Å². The van der Waals surface area contributed by atoms with Crippen molar-refractivity contribution in [2.75, 3.05) is 0 Å². The van der Waals surface area contributed by atoms with Crippen LogP contribution in [-0.4, -0.2) is 5.71 Å². The third-order valence-electron chi connectivity index (χ3n) is 5.93. The Morgan fingerprint density at radius 2 is 1.29 bits per heavy atom. The Hall–Kier alpha value is -3.75. The second-order valence-corrected chi connectivity index (χ2v) is 8.87. The summed E-state index contributed by atoms with van der Waals surface area (Å²) >= 11 is 1.84. The Bertz CT molecular complexity index is 1590. The molecule has 0 amide bonds. The molecule has 0 fully saturated rings. The summed E-state index contributed by atoms with van der Waals surface area (Å²) in [7, 11) is 0. The molecule has 6 rings (SSSR count). The van der Waals surface area contributed by atoms with Crippen molar-refractivity contribution in [2.24, 2.45) is 0 Å². The number of rotatable bonds is 3. The summed E-state index contributed by atoms with van der Waals surface area (Å²) < 4.78 is 2.63. The molecule has 0 aliphatic rings. The Labute approximate surface area is 184 Å². The normalized spacial score (nSPS) is 11.4. The minimum Gasteiger partial charge on any atom is -0.300 e.